The zero-order valence-electron chi connectivity index (χ0n) is 9.19. The molecule has 0 atom stereocenters. The quantitative estimate of drug-likeness (QED) is 0.814. The fourth-order valence-corrected chi connectivity index (χ4v) is 1.51. The van der Waals surface area contributed by atoms with E-state index in [9.17, 15) is 8.78 Å². The summed E-state index contributed by atoms with van der Waals surface area (Å²) in [7, 11) is 0. The van der Waals surface area contributed by atoms with Crippen LogP contribution in [0, 0.1) is 6.92 Å². The van der Waals surface area contributed by atoms with Gasteiger partial charge in [0, 0.05) is 16.9 Å². The van der Waals surface area contributed by atoms with Crippen molar-refractivity contribution in [3.05, 3.63) is 41.7 Å². The van der Waals surface area contributed by atoms with Crippen molar-refractivity contribution < 1.29 is 8.78 Å². The number of hydrogen-bond acceptors (Lipinski definition) is 3. The molecule has 5 heteroatoms. The maximum Gasteiger partial charge on any atom is 0.280 e. The predicted molar refractivity (Wildman–Crippen MR) is 61.6 cm³/mol. The smallest absolute Gasteiger partial charge is 0.280 e. The molecule has 1 aromatic carbocycles. The minimum absolute atomic E-state index is 0.269. The van der Waals surface area contributed by atoms with Gasteiger partial charge in [-0.3, -0.25) is 0 Å². The first kappa shape index (κ1) is 11.4. The summed E-state index contributed by atoms with van der Waals surface area (Å²) in [5.41, 5.74) is 7.05. The van der Waals surface area contributed by atoms with E-state index in [2.05, 4.69) is 9.97 Å². The van der Waals surface area contributed by atoms with Crippen LogP contribution in [-0.2, 0) is 0 Å². The monoisotopic (exact) mass is 235 g/mol. The number of nitrogens with zero attached hydrogens (tertiary/aromatic N) is 2. The zero-order chi connectivity index (χ0) is 12.4. The second-order valence-corrected chi connectivity index (χ2v) is 3.68. The normalized spacial score (nSPS) is 10.8. The van der Waals surface area contributed by atoms with E-state index >= 15 is 0 Å². The number of benzene rings is 1. The van der Waals surface area contributed by atoms with Crippen LogP contribution in [0.1, 0.15) is 17.8 Å². The van der Waals surface area contributed by atoms with Crippen LogP contribution in [0.3, 0.4) is 0 Å². The number of aryl methyl sites for hydroxylation is 1. The Hall–Kier alpha value is -2.04. The lowest BCUT2D eigenvalue weighted by atomic mass is 10.2. The third-order valence-electron chi connectivity index (χ3n) is 2.24. The highest BCUT2D eigenvalue weighted by Crippen LogP contribution is 2.22. The second kappa shape index (κ2) is 4.45. The lowest BCUT2D eigenvalue weighted by Gasteiger charge is -2.05. The number of halogens is 2. The first-order chi connectivity index (χ1) is 8.06. The van der Waals surface area contributed by atoms with Gasteiger partial charge in [-0.25, -0.2) is 18.7 Å². The Morgan fingerprint density at radius 1 is 1.18 bits per heavy atom. The van der Waals surface area contributed by atoms with Gasteiger partial charge in [0.1, 0.15) is 5.69 Å². The Labute approximate surface area is 97.3 Å². The van der Waals surface area contributed by atoms with Gasteiger partial charge < -0.3 is 5.73 Å². The van der Waals surface area contributed by atoms with Crippen molar-refractivity contribution in [3.63, 3.8) is 0 Å². The average Bonchev–Trinajstić information content (AvgIpc) is 2.28. The van der Waals surface area contributed by atoms with Crippen LogP contribution in [0.2, 0.25) is 0 Å². The van der Waals surface area contributed by atoms with Crippen molar-refractivity contribution in [1.82, 2.24) is 9.97 Å². The Bertz CT molecular complexity index is 541. The lowest BCUT2D eigenvalue weighted by molar-refractivity contribution is 0.146. The van der Waals surface area contributed by atoms with E-state index in [0.29, 0.717) is 16.9 Å². The maximum atomic E-state index is 12.6. The molecule has 2 aromatic rings. The minimum Gasteiger partial charge on any atom is -0.399 e. The third-order valence-corrected chi connectivity index (χ3v) is 2.24. The molecular formula is C12H11F2N3. The maximum absolute atomic E-state index is 12.6. The molecule has 0 aliphatic heterocycles. The van der Waals surface area contributed by atoms with E-state index in [-0.39, 0.29) is 11.5 Å². The molecule has 0 bridgehead atoms. The van der Waals surface area contributed by atoms with Crippen molar-refractivity contribution in [3.8, 4) is 11.4 Å². The molecule has 0 amide bonds. The van der Waals surface area contributed by atoms with Crippen LogP contribution >= 0.6 is 0 Å². The lowest BCUT2D eigenvalue weighted by Crippen LogP contribution is -1.98. The van der Waals surface area contributed by atoms with Crippen LogP contribution in [-0.4, -0.2) is 9.97 Å². The van der Waals surface area contributed by atoms with E-state index in [1.807, 2.05) is 0 Å². The number of rotatable bonds is 2. The van der Waals surface area contributed by atoms with Gasteiger partial charge in [-0.15, -0.1) is 0 Å². The summed E-state index contributed by atoms with van der Waals surface area (Å²) in [6, 6.07) is 8.12. The van der Waals surface area contributed by atoms with Gasteiger partial charge in [-0.1, -0.05) is 12.1 Å². The predicted octanol–water partition coefficient (Wildman–Crippen LogP) is 2.97. The summed E-state index contributed by atoms with van der Waals surface area (Å²) in [6.07, 6.45) is -2.60. The Kier molecular flexibility index (Phi) is 2.99. The van der Waals surface area contributed by atoms with Crippen LogP contribution in [0.4, 0.5) is 14.5 Å². The number of hydrogen-bond donors (Lipinski definition) is 1. The molecule has 0 saturated heterocycles. The van der Waals surface area contributed by atoms with Gasteiger partial charge in [0.05, 0.1) is 0 Å². The summed E-state index contributed by atoms with van der Waals surface area (Å²) in [5.74, 6) is 0.271. The molecule has 0 fully saturated rings. The van der Waals surface area contributed by atoms with Crippen molar-refractivity contribution in [2.45, 2.75) is 13.3 Å². The van der Waals surface area contributed by atoms with Crippen molar-refractivity contribution in [2.24, 2.45) is 0 Å². The van der Waals surface area contributed by atoms with E-state index < -0.39 is 6.43 Å². The van der Waals surface area contributed by atoms with Crippen molar-refractivity contribution in [1.29, 1.82) is 0 Å². The second-order valence-electron chi connectivity index (χ2n) is 3.68. The highest BCUT2D eigenvalue weighted by atomic mass is 19.3. The van der Waals surface area contributed by atoms with Gasteiger partial charge in [0.15, 0.2) is 5.82 Å². The molecule has 0 aliphatic rings. The van der Waals surface area contributed by atoms with Crippen LogP contribution in [0.5, 0.6) is 0 Å². The molecule has 0 saturated carbocycles. The van der Waals surface area contributed by atoms with Gasteiger partial charge in [0.25, 0.3) is 6.43 Å². The van der Waals surface area contributed by atoms with E-state index in [1.165, 1.54) is 6.07 Å². The number of alkyl halides is 2. The fourth-order valence-electron chi connectivity index (χ4n) is 1.51. The zero-order valence-corrected chi connectivity index (χ0v) is 9.19. The number of nitrogen functional groups attached to an aromatic ring is 1. The topological polar surface area (TPSA) is 51.8 Å². The number of aromatic nitrogens is 2. The molecular weight excluding hydrogens is 224 g/mol. The molecule has 2 N–H and O–H groups in total. The molecule has 0 radical (unpaired) electrons. The molecule has 17 heavy (non-hydrogen) atoms. The van der Waals surface area contributed by atoms with Gasteiger partial charge in [0.2, 0.25) is 0 Å². The molecule has 1 heterocycles. The molecule has 0 aliphatic carbocycles. The number of anilines is 1. The molecule has 2 rings (SSSR count). The van der Waals surface area contributed by atoms with E-state index in [4.69, 9.17) is 5.73 Å². The van der Waals surface area contributed by atoms with Crippen molar-refractivity contribution in [2.75, 3.05) is 5.73 Å². The summed E-state index contributed by atoms with van der Waals surface area (Å²) in [5, 5.41) is 0. The highest BCUT2D eigenvalue weighted by molar-refractivity contribution is 5.61. The Morgan fingerprint density at radius 3 is 2.59 bits per heavy atom. The average molecular weight is 235 g/mol. The molecule has 88 valence electrons. The van der Waals surface area contributed by atoms with Gasteiger partial charge >= 0.3 is 0 Å². The first-order valence-corrected chi connectivity index (χ1v) is 5.06. The fraction of sp³-hybridized carbons (Fsp3) is 0.167. The molecule has 3 nitrogen and oxygen atoms in total. The third kappa shape index (κ3) is 2.55. The minimum atomic E-state index is -2.60. The first-order valence-electron chi connectivity index (χ1n) is 5.06. The Morgan fingerprint density at radius 2 is 1.94 bits per heavy atom. The summed E-state index contributed by atoms with van der Waals surface area (Å²) < 4.78 is 25.2. The molecule has 0 unspecified atom stereocenters. The van der Waals surface area contributed by atoms with Gasteiger partial charge in [-0.2, -0.15) is 0 Å². The highest BCUT2D eigenvalue weighted by Gasteiger charge is 2.12. The van der Waals surface area contributed by atoms with Crippen LogP contribution < -0.4 is 5.73 Å². The molecule has 0 spiro atoms. The number of nitrogens with two attached hydrogens (primary N) is 1. The van der Waals surface area contributed by atoms with Crippen LogP contribution in [0.15, 0.2) is 30.3 Å². The Balaban J connectivity index is 2.52. The largest absolute Gasteiger partial charge is 0.399 e. The summed E-state index contributed by atoms with van der Waals surface area (Å²) >= 11 is 0. The van der Waals surface area contributed by atoms with Crippen LogP contribution in [0.25, 0.3) is 11.4 Å². The summed E-state index contributed by atoms with van der Waals surface area (Å²) in [6.45, 7) is 1.66. The summed E-state index contributed by atoms with van der Waals surface area (Å²) in [4.78, 5) is 7.96. The molecule has 1 aromatic heterocycles. The SMILES string of the molecule is Cc1cc(C(F)F)nc(-c2cccc(N)c2)n1. The van der Waals surface area contributed by atoms with Crippen molar-refractivity contribution >= 4 is 5.69 Å². The standard InChI is InChI=1S/C12H11F2N3/c1-7-5-10(11(13)14)17-12(16-7)8-3-2-4-9(15)6-8/h2-6,11H,15H2,1H3. The van der Waals surface area contributed by atoms with E-state index in [0.717, 1.165) is 0 Å². The van der Waals surface area contributed by atoms with Gasteiger partial charge in [-0.05, 0) is 25.1 Å². The van der Waals surface area contributed by atoms with E-state index in [1.54, 1.807) is 31.2 Å².